The SMILES string of the molecule is CC(O)[NH+]1C=NCC1.CCCCCCCCCCCCCCCCCCl. The van der Waals surface area contributed by atoms with Crippen molar-refractivity contribution < 1.29 is 10.0 Å². The molecular formula is C22H46ClN2O+. The van der Waals surface area contributed by atoms with E-state index in [1.54, 1.807) is 13.3 Å². The van der Waals surface area contributed by atoms with E-state index < -0.39 is 0 Å². The first-order chi connectivity index (χ1) is 12.7. The number of nitrogens with one attached hydrogen (secondary N) is 1. The number of hydrogen-bond donors (Lipinski definition) is 2. The minimum Gasteiger partial charge on any atom is -0.345 e. The van der Waals surface area contributed by atoms with Crippen molar-refractivity contribution in [1.29, 1.82) is 0 Å². The van der Waals surface area contributed by atoms with Crippen molar-refractivity contribution in [3.8, 4) is 0 Å². The summed E-state index contributed by atoms with van der Waals surface area (Å²) in [6.45, 7) is 5.86. The molecule has 0 aromatic carbocycles. The van der Waals surface area contributed by atoms with Crippen LogP contribution in [0.1, 0.15) is 110 Å². The van der Waals surface area contributed by atoms with Crippen molar-refractivity contribution in [2.75, 3.05) is 19.0 Å². The van der Waals surface area contributed by atoms with Crippen LogP contribution >= 0.6 is 11.6 Å². The van der Waals surface area contributed by atoms with Gasteiger partial charge in [-0.3, -0.25) is 4.90 Å². The predicted octanol–water partition coefficient (Wildman–Crippen LogP) is 5.35. The number of aliphatic imine (C=N–C) groups is 1. The Labute approximate surface area is 168 Å². The molecule has 0 radical (unpaired) electrons. The highest BCUT2D eigenvalue weighted by atomic mass is 35.5. The van der Waals surface area contributed by atoms with E-state index in [0.29, 0.717) is 0 Å². The number of aliphatic hydroxyl groups is 1. The van der Waals surface area contributed by atoms with Crippen LogP contribution in [0.25, 0.3) is 0 Å². The summed E-state index contributed by atoms with van der Waals surface area (Å²) in [5, 5.41) is 8.92. The molecule has 1 heterocycles. The zero-order valence-electron chi connectivity index (χ0n) is 17.7. The molecular weight excluding hydrogens is 344 g/mol. The van der Waals surface area contributed by atoms with Gasteiger partial charge in [0.2, 0.25) is 0 Å². The molecule has 1 aliphatic rings. The third-order valence-electron chi connectivity index (χ3n) is 5.06. The van der Waals surface area contributed by atoms with Crippen molar-refractivity contribution in [3.63, 3.8) is 0 Å². The number of quaternary nitrogens is 1. The first-order valence-corrected chi connectivity index (χ1v) is 11.8. The molecule has 0 spiro atoms. The van der Waals surface area contributed by atoms with Crippen LogP contribution in [0.5, 0.6) is 0 Å². The van der Waals surface area contributed by atoms with Crippen LogP contribution in [0.2, 0.25) is 0 Å². The number of aliphatic hydroxyl groups excluding tert-OH is 1. The Morgan fingerprint density at radius 2 is 1.27 bits per heavy atom. The molecule has 2 N–H and O–H groups in total. The Balaban J connectivity index is 0.000000642. The van der Waals surface area contributed by atoms with Crippen LogP contribution in [-0.4, -0.2) is 36.6 Å². The van der Waals surface area contributed by atoms with Gasteiger partial charge in [-0.05, 0) is 6.42 Å². The standard InChI is InChI=1S/C17H35Cl.C5H10N2O/c1-2-3-4-5-6-7-8-9-10-11-12-13-14-15-16-17-18;1-5(8)7-3-2-6-4-7/h2-17H2,1H3;4-5,8H,2-3H2,1H3/p+1. The summed E-state index contributed by atoms with van der Waals surface area (Å²) < 4.78 is 0. The molecule has 0 aromatic heterocycles. The molecule has 2 unspecified atom stereocenters. The van der Waals surface area contributed by atoms with E-state index in [4.69, 9.17) is 16.7 Å². The van der Waals surface area contributed by atoms with Crippen LogP contribution in [0.3, 0.4) is 0 Å². The van der Waals surface area contributed by atoms with Crippen molar-refractivity contribution in [2.24, 2.45) is 4.99 Å². The van der Waals surface area contributed by atoms with Crippen molar-refractivity contribution in [1.82, 2.24) is 0 Å². The average Bonchev–Trinajstić information content (AvgIpc) is 3.18. The van der Waals surface area contributed by atoms with E-state index in [2.05, 4.69) is 11.9 Å². The Kier molecular flexibility index (Phi) is 21.1. The fraction of sp³-hybridized carbons (Fsp3) is 0.955. The summed E-state index contributed by atoms with van der Waals surface area (Å²) in [7, 11) is 0. The molecule has 2 atom stereocenters. The summed E-state index contributed by atoms with van der Waals surface area (Å²) in [6, 6.07) is 0. The van der Waals surface area contributed by atoms with Gasteiger partial charge in [0.1, 0.15) is 6.54 Å². The Morgan fingerprint density at radius 3 is 1.54 bits per heavy atom. The largest absolute Gasteiger partial charge is 0.345 e. The van der Waals surface area contributed by atoms with E-state index in [1.165, 1.54) is 96.3 Å². The van der Waals surface area contributed by atoms with Crippen LogP contribution in [-0.2, 0) is 0 Å². The van der Waals surface area contributed by atoms with Gasteiger partial charge >= 0.3 is 0 Å². The number of rotatable bonds is 16. The fourth-order valence-corrected chi connectivity index (χ4v) is 3.41. The average molecular weight is 390 g/mol. The molecule has 156 valence electrons. The van der Waals surface area contributed by atoms with Gasteiger partial charge in [-0.25, -0.2) is 4.99 Å². The van der Waals surface area contributed by atoms with Crippen molar-refractivity contribution >= 4 is 17.9 Å². The Morgan fingerprint density at radius 1 is 0.846 bits per heavy atom. The monoisotopic (exact) mass is 389 g/mol. The molecule has 1 aliphatic heterocycles. The first kappa shape index (κ1) is 25.9. The van der Waals surface area contributed by atoms with E-state index in [9.17, 15) is 0 Å². The van der Waals surface area contributed by atoms with Gasteiger partial charge in [0.15, 0.2) is 12.6 Å². The number of unbranched alkanes of at least 4 members (excludes halogenated alkanes) is 14. The third-order valence-corrected chi connectivity index (χ3v) is 5.33. The second-order valence-corrected chi connectivity index (χ2v) is 8.05. The molecule has 3 nitrogen and oxygen atoms in total. The number of nitrogens with zero attached hydrogens (tertiary/aromatic N) is 1. The Hall–Kier alpha value is -0.120. The van der Waals surface area contributed by atoms with Gasteiger partial charge in [0.25, 0.3) is 0 Å². The van der Waals surface area contributed by atoms with E-state index in [1.807, 2.05) is 0 Å². The predicted molar refractivity (Wildman–Crippen MR) is 117 cm³/mol. The molecule has 0 aromatic rings. The lowest BCUT2D eigenvalue weighted by Gasteiger charge is -2.09. The summed E-state index contributed by atoms with van der Waals surface area (Å²) in [6.07, 6.45) is 22.8. The summed E-state index contributed by atoms with van der Waals surface area (Å²) in [5.41, 5.74) is 0. The smallest absolute Gasteiger partial charge is 0.191 e. The first-order valence-electron chi connectivity index (χ1n) is 11.3. The minimum absolute atomic E-state index is 0.291. The maximum Gasteiger partial charge on any atom is 0.191 e. The number of halogens is 1. The van der Waals surface area contributed by atoms with Gasteiger partial charge in [-0.15, -0.1) is 11.6 Å². The van der Waals surface area contributed by atoms with Gasteiger partial charge in [-0.2, -0.15) is 0 Å². The highest BCUT2D eigenvalue weighted by Crippen LogP contribution is 2.13. The van der Waals surface area contributed by atoms with Crippen molar-refractivity contribution in [3.05, 3.63) is 0 Å². The topological polar surface area (TPSA) is 37.0 Å². The normalized spacial score (nSPS) is 17.2. The maximum atomic E-state index is 8.92. The molecule has 1 rings (SSSR count). The quantitative estimate of drug-likeness (QED) is 0.271. The third kappa shape index (κ3) is 18.7. The summed E-state index contributed by atoms with van der Waals surface area (Å²) >= 11 is 5.65. The van der Waals surface area contributed by atoms with Crippen molar-refractivity contribution in [2.45, 2.75) is 116 Å². The molecule has 0 aliphatic carbocycles. The lowest BCUT2D eigenvalue weighted by Crippen LogP contribution is -3.13. The second-order valence-electron chi connectivity index (χ2n) is 7.67. The molecule has 0 amide bonds. The lowest BCUT2D eigenvalue weighted by atomic mass is 10.0. The second kappa shape index (κ2) is 21.2. The molecule has 0 fully saturated rings. The van der Waals surface area contributed by atoms with Crippen LogP contribution < -0.4 is 4.90 Å². The minimum atomic E-state index is -0.291. The highest BCUT2D eigenvalue weighted by molar-refractivity contribution is 6.17. The van der Waals surface area contributed by atoms with Gasteiger partial charge in [0.05, 0.1) is 6.54 Å². The van der Waals surface area contributed by atoms with Crippen LogP contribution in [0, 0.1) is 0 Å². The lowest BCUT2D eigenvalue weighted by molar-refractivity contribution is -0.845. The maximum absolute atomic E-state index is 8.92. The molecule has 0 saturated carbocycles. The summed E-state index contributed by atoms with van der Waals surface area (Å²) in [4.78, 5) is 5.02. The molecule has 4 heteroatoms. The van der Waals surface area contributed by atoms with Crippen LogP contribution in [0.4, 0.5) is 0 Å². The molecule has 0 bridgehead atoms. The fourth-order valence-electron chi connectivity index (χ4n) is 3.22. The zero-order valence-corrected chi connectivity index (χ0v) is 18.4. The molecule has 0 saturated heterocycles. The number of hydrogen-bond acceptors (Lipinski definition) is 2. The van der Waals surface area contributed by atoms with E-state index in [-0.39, 0.29) is 6.23 Å². The van der Waals surface area contributed by atoms with Crippen LogP contribution in [0.15, 0.2) is 4.99 Å². The van der Waals surface area contributed by atoms with Gasteiger partial charge in [0, 0.05) is 12.8 Å². The Bertz CT molecular complexity index is 282. The molecule has 26 heavy (non-hydrogen) atoms. The number of alkyl halides is 1. The highest BCUT2D eigenvalue weighted by Gasteiger charge is 2.14. The van der Waals surface area contributed by atoms with E-state index in [0.717, 1.165) is 23.9 Å². The van der Waals surface area contributed by atoms with E-state index >= 15 is 0 Å². The summed E-state index contributed by atoms with van der Waals surface area (Å²) in [5.74, 6) is 0.845. The zero-order chi connectivity index (χ0) is 19.3. The van der Waals surface area contributed by atoms with Gasteiger partial charge < -0.3 is 5.11 Å². The van der Waals surface area contributed by atoms with Gasteiger partial charge in [-0.1, -0.05) is 96.8 Å².